The molecule has 1 fully saturated rings. The Labute approximate surface area is 115 Å². The van der Waals surface area contributed by atoms with Crippen LogP contribution in [-0.2, 0) is 15.0 Å². The molecule has 0 aromatic rings. The van der Waals surface area contributed by atoms with Crippen molar-refractivity contribution in [2.45, 2.75) is 40.2 Å². The summed E-state index contributed by atoms with van der Waals surface area (Å²) >= 11 is 0. The number of nitrogens with zero attached hydrogens (tertiary/aromatic N) is 1. The lowest BCUT2D eigenvalue weighted by Gasteiger charge is -2.34. The normalized spacial score (nSPS) is 27.4. The lowest BCUT2D eigenvalue weighted by molar-refractivity contribution is -0.140. The van der Waals surface area contributed by atoms with Crippen LogP contribution in [0.1, 0.15) is 34.1 Å². The highest BCUT2D eigenvalue weighted by Gasteiger charge is 2.34. The van der Waals surface area contributed by atoms with E-state index in [-0.39, 0.29) is 5.92 Å². The van der Waals surface area contributed by atoms with E-state index in [1.807, 2.05) is 13.8 Å². The first-order valence-electron chi connectivity index (χ1n) is 6.63. The van der Waals surface area contributed by atoms with Gasteiger partial charge in [-0.15, -0.1) is 0 Å². The molecule has 1 aliphatic heterocycles. The van der Waals surface area contributed by atoms with E-state index in [2.05, 4.69) is 4.72 Å². The van der Waals surface area contributed by atoms with Crippen molar-refractivity contribution in [1.29, 1.82) is 0 Å². The minimum atomic E-state index is -3.74. The van der Waals surface area contributed by atoms with Crippen LogP contribution in [0.25, 0.3) is 0 Å². The maximum atomic E-state index is 12.2. The number of hydrogen-bond donors (Lipinski definition) is 2. The smallest absolute Gasteiger partial charge is 0.322 e. The molecule has 0 amide bonds. The van der Waals surface area contributed by atoms with Crippen LogP contribution < -0.4 is 4.72 Å². The van der Waals surface area contributed by atoms with Crippen LogP contribution in [0.2, 0.25) is 0 Å². The predicted molar refractivity (Wildman–Crippen MR) is 72.8 cm³/mol. The Bertz CT molecular complexity index is 411. The lowest BCUT2D eigenvalue weighted by Crippen LogP contribution is -2.53. The fraction of sp³-hybridized carbons (Fsp3) is 0.917. The second kappa shape index (κ2) is 6.19. The number of nitrogens with one attached hydrogen (secondary N) is 1. The van der Waals surface area contributed by atoms with Gasteiger partial charge in [0.2, 0.25) is 0 Å². The van der Waals surface area contributed by atoms with E-state index < -0.39 is 22.2 Å². The number of aliphatic carboxylic acids is 1. The summed E-state index contributed by atoms with van der Waals surface area (Å²) in [4.78, 5) is 11.1. The van der Waals surface area contributed by atoms with Crippen LogP contribution >= 0.6 is 0 Å². The van der Waals surface area contributed by atoms with E-state index in [4.69, 9.17) is 5.11 Å². The van der Waals surface area contributed by atoms with Gasteiger partial charge in [0.15, 0.2) is 0 Å². The molecular formula is C12H24N2O4S. The molecule has 3 unspecified atom stereocenters. The minimum absolute atomic E-state index is 0.294. The van der Waals surface area contributed by atoms with E-state index >= 15 is 0 Å². The van der Waals surface area contributed by atoms with Crippen LogP contribution in [-0.4, -0.2) is 42.9 Å². The molecule has 1 saturated heterocycles. The Hall–Kier alpha value is -0.660. The van der Waals surface area contributed by atoms with Crippen LogP contribution in [0.3, 0.4) is 0 Å². The maximum absolute atomic E-state index is 12.2. The zero-order valence-corrected chi connectivity index (χ0v) is 12.8. The first kappa shape index (κ1) is 16.4. The Balaban J connectivity index is 2.82. The van der Waals surface area contributed by atoms with Gasteiger partial charge in [-0.1, -0.05) is 27.7 Å². The van der Waals surface area contributed by atoms with Gasteiger partial charge in [-0.05, 0) is 24.2 Å². The molecule has 6 nitrogen and oxygen atoms in total. The van der Waals surface area contributed by atoms with Crippen LogP contribution in [0.5, 0.6) is 0 Å². The van der Waals surface area contributed by atoms with Crippen molar-refractivity contribution < 1.29 is 18.3 Å². The molecule has 1 heterocycles. The van der Waals surface area contributed by atoms with Gasteiger partial charge >= 0.3 is 5.97 Å². The van der Waals surface area contributed by atoms with E-state index in [0.717, 1.165) is 6.42 Å². The summed E-state index contributed by atoms with van der Waals surface area (Å²) in [5.41, 5.74) is 0. The van der Waals surface area contributed by atoms with Gasteiger partial charge in [0.1, 0.15) is 6.04 Å². The van der Waals surface area contributed by atoms with Gasteiger partial charge in [-0.3, -0.25) is 4.79 Å². The van der Waals surface area contributed by atoms with Crippen molar-refractivity contribution >= 4 is 16.2 Å². The maximum Gasteiger partial charge on any atom is 0.322 e. The Morgan fingerprint density at radius 2 is 1.74 bits per heavy atom. The quantitative estimate of drug-likeness (QED) is 0.788. The summed E-state index contributed by atoms with van der Waals surface area (Å²) in [6.45, 7) is 8.28. The van der Waals surface area contributed by atoms with E-state index in [9.17, 15) is 13.2 Å². The third kappa shape index (κ3) is 4.43. The number of carboxylic acid groups (broad SMARTS) is 1. The van der Waals surface area contributed by atoms with Gasteiger partial charge in [0, 0.05) is 13.1 Å². The molecule has 0 radical (unpaired) electrons. The molecule has 0 spiro atoms. The largest absolute Gasteiger partial charge is 0.480 e. The molecule has 1 rings (SSSR count). The molecule has 1 aliphatic rings. The van der Waals surface area contributed by atoms with E-state index in [0.29, 0.717) is 24.9 Å². The Kier molecular flexibility index (Phi) is 5.34. The average Bonchev–Trinajstić information content (AvgIpc) is 2.23. The van der Waals surface area contributed by atoms with Gasteiger partial charge < -0.3 is 5.11 Å². The molecule has 0 bridgehead atoms. The standard InChI is InChI=1S/C12H24N2O4S/c1-8(2)11(12(15)16)13-19(17,18)14-6-9(3)5-10(4)7-14/h8-11,13H,5-7H2,1-4H3,(H,15,16). The van der Waals surface area contributed by atoms with Crippen molar-refractivity contribution in [3.05, 3.63) is 0 Å². The Morgan fingerprint density at radius 3 is 2.11 bits per heavy atom. The van der Waals surface area contributed by atoms with Crippen LogP contribution in [0.4, 0.5) is 0 Å². The van der Waals surface area contributed by atoms with Gasteiger partial charge in [0.25, 0.3) is 10.2 Å². The second-order valence-corrected chi connectivity index (χ2v) is 7.65. The van der Waals surface area contributed by atoms with Crippen molar-refractivity contribution in [3.8, 4) is 0 Å². The molecule has 7 heteroatoms. The number of hydrogen-bond acceptors (Lipinski definition) is 3. The van der Waals surface area contributed by atoms with Crippen LogP contribution in [0, 0.1) is 17.8 Å². The SMILES string of the molecule is CC1CC(C)CN(S(=O)(=O)NC(C(=O)O)C(C)C)C1. The van der Waals surface area contributed by atoms with Gasteiger partial charge in [0.05, 0.1) is 0 Å². The zero-order valence-electron chi connectivity index (χ0n) is 12.0. The van der Waals surface area contributed by atoms with Gasteiger partial charge in [-0.25, -0.2) is 0 Å². The van der Waals surface area contributed by atoms with E-state index in [1.165, 1.54) is 4.31 Å². The number of carboxylic acids is 1. The molecule has 0 saturated carbocycles. The fourth-order valence-electron chi connectivity index (χ4n) is 2.51. The highest BCUT2D eigenvalue weighted by Crippen LogP contribution is 2.23. The fourth-order valence-corrected chi connectivity index (χ4v) is 4.25. The topological polar surface area (TPSA) is 86.7 Å². The third-order valence-electron chi connectivity index (χ3n) is 3.38. The molecule has 0 aromatic heterocycles. The van der Waals surface area contributed by atoms with Crippen molar-refractivity contribution in [3.63, 3.8) is 0 Å². The predicted octanol–water partition coefficient (Wildman–Crippen LogP) is 0.908. The molecule has 0 aliphatic carbocycles. The number of rotatable bonds is 5. The second-order valence-electron chi connectivity index (χ2n) is 5.95. The molecule has 0 aromatic carbocycles. The summed E-state index contributed by atoms with van der Waals surface area (Å²) in [7, 11) is -3.74. The third-order valence-corrected chi connectivity index (χ3v) is 4.91. The monoisotopic (exact) mass is 292 g/mol. The first-order valence-corrected chi connectivity index (χ1v) is 8.07. The highest BCUT2D eigenvalue weighted by atomic mass is 32.2. The lowest BCUT2D eigenvalue weighted by atomic mass is 9.94. The summed E-state index contributed by atoms with van der Waals surface area (Å²) in [5.74, 6) is -0.853. The van der Waals surface area contributed by atoms with E-state index in [1.54, 1.807) is 13.8 Å². The van der Waals surface area contributed by atoms with Crippen molar-refractivity contribution in [2.24, 2.45) is 17.8 Å². The Morgan fingerprint density at radius 1 is 1.26 bits per heavy atom. The van der Waals surface area contributed by atoms with Gasteiger partial charge in [-0.2, -0.15) is 17.4 Å². The van der Waals surface area contributed by atoms with Crippen LogP contribution in [0.15, 0.2) is 0 Å². The average molecular weight is 292 g/mol. The molecular weight excluding hydrogens is 268 g/mol. The summed E-state index contributed by atoms with van der Waals surface area (Å²) in [6.07, 6.45) is 0.999. The summed E-state index contributed by atoms with van der Waals surface area (Å²) in [6, 6.07) is -1.09. The molecule has 112 valence electrons. The summed E-state index contributed by atoms with van der Waals surface area (Å²) < 4.78 is 28.2. The highest BCUT2D eigenvalue weighted by molar-refractivity contribution is 7.87. The minimum Gasteiger partial charge on any atom is -0.480 e. The number of piperidine rings is 1. The zero-order chi connectivity index (χ0) is 14.8. The van der Waals surface area contributed by atoms with Crippen molar-refractivity contribution in [1.82, 2.24) is 9.03 Å². The first-order chi connectivity index (χ1) is 8.63. The number of carbonyl (C=O) groups is 1. The molecule has 2 N–H and O–H groups in total. The molecule has 19 heavy (non-hydrogen) atoms. The van der Waals surface area contributed by atoms with Crippen molar-refractivity contribution in [2.75, 3.05) is 13.1 Å². The summed E-state index contributed by atoms with van der Waals surface area (Å²) in [5, 5.41) is 9.06. The molecule has 3 atom stereocenters.